The largest absolute Gasteiger partial charge is 0.467 e. The molecule has 2 aromatic heterocycles. The number of aryl methyl sites for hydroxylation is 1. The third kappa shape index (κ3) is 2.68. The summed E-state index contributed by atoms with van der Waals surface area (Å²) in [7, 11) is 1.96. The van der Waals surface area contributed by atoms with Crippen molar-refractivity contribution >= 4 is 16.5 Å². The monoisotopic (exact) mass is 252 g/mol. The van der Waals surface area contributed by atoms with E-state index in [1.165, 1.54) is 11.3 Å². The summed E-state index contributed by atoms with van der Waals surface area (Å²) in [4.78, 5) is 7.39. The second kappa shape index (κ2) is 4.89. The van der Waals surface area contributed by atoms with Gasteiger partial charge in [-0.15, -0.1) is 0 Å². The van der Waals surface area contributed by atoms with Crippen molar-refractivity contribution in [3.8, 4) is 0 Å². The minimum Gasteiger partial charge on any atom is -0.467 e. The van der Waals surface area contributed by atoms with Crippen LogP contribution in [0.2, 0.25) is 0 Å². The molecule has 0 spiro atoms. The fourth-order valence-corrected chi connectivity index (χ4v) is 2.61. The van der Waals surface area contributed by atoms with Gasteiger partial charge in [0.15, 0.2) is 5.13 Å². The van der Waals surface area contributed by atoms with Crippen molar-refractivity contribution in [3.05, 3.63) is 34.7 Å². The van der Waals surface area contributed by atoms with Crippen molar-refractivity contribution in [2.75, 3.05) is 11.9 Å². The summed E-state index contributed by atoms with van der Waals surface area (Å²) in [5.74, 6) is 0.902. The molecule has 1 unspecified atom stereocenters. The molecule has 0 saturated heterocycles. The second-order valence-corrected chi connectivity index (χ2v) is 5.07. The number of hydrogen-bond donors (Lipinski definition) is 1. The summed E-state index contributed by atoms with van der Waals surface area (Å²) in [6.07, 6.45) is 1.20. The van der Waals surface area contributed by atoms with Crippen LogP contribution in [0.15, 0.2) is 22.8 Å². The summed E-state index contributed by atoms with van der Waals surface area (Å²) in [5.41, 5.74) is 0.895. The maximum atomic E-state index is 9.59. The van der Waals surface area contributed by atoms with E-state index in [1.807, 2.05) is 31.0 Å². The summed E-state index contributed by atoms with van der Waals surface area (Å²) < 4.78 is 5.30. The van der Waals surface area contributed by atoms with Gasteiger partial charge in [0.2, 0.25) is 0 Å². The molecule has 4 nitrogen and oxygen atoms in total. The molecule has 5 heteroatoms. The third-order valence-electron chi connectivity index (χ3n) is 2.50. The zero-order chi connectivity index (χ0) is 12.4. The Morgan fingerprint density at radius 2 is 2.35 bits per heavy atom. The highest BCUT2D eigenvalue weighted by Gasteiger charge is 2.15. The summed E-state index contributed by atoms with van der Waals surface area (Å²) >= 11 is 1.52. The van der Waals surface area contributed by atoms with Gasteiger partial charge in [0.1, 0.15) is 5.76 Å². The normalized spacial score (nSPS) is 12.7. The molecule has 0 fully saturated rings. The van der Waals surface area contributed by atoms with E-state index in [2.05, 4.69) is 4.98 Å². The van der Waals surface area contributed by atoms with E-state index < -0.39 is 6.10 Å². The van der Waals surface area contributed by atoms with E-state index in [9.17, 15) is 5.11 Å². The molecular formula is C12H16N2O2S. The number of hydrogen-bond acceptors (Lipinski definition) is 5. The molecule has 92 valence electrons. The van der Waals surface area contributed by atoms with Crippen molar-refractivity contribution in [2.45, 2.75) is 26.5 Å². The van der Waals surface area contributed by atoms with Gasteiger partial charge in [-0.2, -0.15) is 0 Å². The first-order valence-corrected chi connectivity index (χ1v) is 6.28. The van der Waals surface area contributed by atoms with Crippen LogP contribution in [0.5, 0.6) is 0 Å². The fourth-order valence-electron chi connectivity index (χ4n) is 1.65. The van der Waals surface area contributed by atoms with Gasteiger partial charge in [-0.3, -0.25) is 0 Å². The van der Waals surface area contributed by atoms with Crippen LogP contribution in [0, 0.1) is 6.92 Å². The van der Waals surface area contributed by atoms with Gasteiger partial charge in [-0.25, -0.2) is 4.98 Å². The van der Waals surface area contributed by atoms with Crippen molar-refractivity contribution in [3.63, 3.8) is 0 Å². The van der Waals surface area contributed by atoms with E-state index in [0.717, 1.165) is 21.5 Å². The molecule has 2 heterocycles. The molecule has 2 rings (SSSR count). The average molecular weight is 252 g/mol. The highest BCUT2D eigenvalue weighted by atomic mass is 32.1. The van der Waals surface area contributed by atoms with E-state index in [0.29, 0.717) is 6.54 Å². The molecule has 0 aliphatic rings. The molecule has 0 aromatic carbocycles. The maximum Gasteiger partial charge on any atom is 0.186 e. The van der Waals surface area contributed by atoms with Gasteiger partial charge in [0.05, 0.1) is 29.5 Å². The van der Waals surface area contributed by atoms with Crippen molar-refractivity contribution < 1.29 is 9.52 Å². The van der Waals surface area contributed by atoms with Gasteiger partial charge in [-0.05, 0) is 26.0 Å². The zero-order valence-electron chi connectivity index (χ0n) is 10.2. The Morgan fingerprint density at radius 3 is 2.88 bits per heavy atom. The first kappa shape index (κ1) is 12.1. The molecule has 0 saturated carbocycles. The molecule has 1 atom stereocenters. The minimum atomic E-state index is -0.460. The smallest absolute Gasteiger partial charge is 0.186 e. The van der Waals surface area contributed by atoms with Crippen molar-refractivity contribution in [2.24, 2.45) is 0 Å². The average Bonchev–Trinajstić information content (AvgIpc) is 2.86. The molecule has 0 aliphatic heterocycles. The van der Waals surface area contributed by atoms with Crippen LogP contribution in [0.25, 0.3) is 0 Å². The number of thiazole rings is 1. The van der Waals surface area contributed by atoms with Crippen LogP contribution in [0.1, 0.15) is 29.4 Å². The maximum absolute atomic E-state index is 9.59. The van der Waals surface area contributed by atoms with E-state index in [1.54, 1.807) is 13.2 Å². The Hall–Kier alpha value is -1.33. The van der Waals surface area contributed by atoms with Crippen LogP contribution in [0.3, 0.4) is 0 Å². The molecular weight excluding hydrogens is 236 g/mol. The summed E-state index contributed by atoms with van der Waals surface area (Å²) in [5, 5.41) is 10.5. The number of nitrogens with zero attached hydrogens (tertiary/aromatic N) is 2. The molecule has 1 N–H and O–H groups in total. The predicted molar refractivity (Wildman–Crippen MR) is 68.3 cm³/mol. The van der Waals surface area contributed by atoms with Crippen LogP contribution in [0.4, 0.5) is 5.13 Å². The first-order valence-electron chi connectivity index (χ1n) is 5.47. The SMILES string of the molecule is Cc1nc(N(C)Cc2ccco2)sc1C(C)O. The van der Waals surface area contributed by atoms with Crippen LogP contribution >= 0.6 is 11.3 Å². The van der Waals surface area contributed by atoms with Gasteiger partial charge in [0.25, 0.3) is 0 Å². The van der Waals surface area contributed by atoms with Gasteiger partial charge >= 0.3 is 0 Å². The second-order valence-electron chi connectivity index (χ2n) is 4.06. The highest BCUT2D eigenvalue weighted by Crippen LogP contribution is 2.30. The number of rotatable bonds is 4. The zero-order valence-corrected chi connectivity index (χ0v) is 11.0. The Morgan fingerprint density at radius 1 is 1.59 bits per heavy atom. The molecule has 0 amide bonds. The molecule has 0 bridgehead atoms. The van der Waals surface area contributed by atoms with Crippen molar-refractivity contribution in [1.29, 1.82) is 0 Å². The summed E-state index contributed by atoms with van der Waals surface area (Å²) in [6, 6.07) is 3.81. The Labute approximate surface area is 105 Å². The Bertz CT molecular complexity index is 477. The lowest BCUT2D eigenvalue weighted by Gasteiger charge is -2.13. The third-order valence-corrected chi connectivity index (χ3v) is 3.94. The predicted octanol–water partition coefficient (Wildman–Crippen LogP) is 2.73. The van der Waals surface area contributed by atoms with Crippen LogP contribution in [-0.2, 0) is 6.54 Å². The first-order chi connectivity index (χ1) is 8.08. The van der Waals surface area contributed by atoms with Crippen LogP contribution < -0.4 is 4.90 Å². The van der Waals surface area contributed by atoms with E-state index in [-0.39, 0.29) is 0 Å². The molecule has 0 radical (unpaired) electrons. The van der Waals surface area contributed by atoms with E-state index >= 15 is 0 Å². The van der Waals surface area contributed by atoms with E-state index in [4.69, 9.17) is 4.42 Å². The number of anilines is 1. The molecule has 0 aliphatic carbocycles. The fraction of sp³-hybridized carbons (Fsp3) is 0.417. The van der Waals surface area contributed by atoms with Gasteiger partial charge < -0.3 is 14.4 Å². The number of aromatic nitrogens is 1. The topological polar surface area (TPSA) is 49.5 Å². The lowest BCUT2D eigenvalue weighted by atomic mass is 10.3. The standard InChI is InChI=1S/C12H16N2O2S/c1-8-11(9(2)15)17-12(13-8)14(3)7-10-5-4-6-16-10/h4-6,9,15H,7H2,1-3H3. The number of furan rings is 1. The Balaban J connectivity index is 2.14. The molecule has 17 heavy (non-hydrogen) atoms. The van der Waals surface area contributed by atoms with Crippen LogP contribution in [-0.4, -0.2) is 17.1 Å². The lowest BCUT2D eigenvalue weighted by molar-refractivity contribution is 0.202. The minimum absolute atomic E-state index is 0.460. The summed E-state index contributed by atoms with van der Waals surface area (Å²) in [6.45, 7) is 4.36. The molecule has 2 aromatic rings. The Kier molecular flexibility index (Phi) is 3.49. The van der Waals surface area contributed by atoms with Crippen molar-refractivity contribution in [1.82, 2.24) is 4.98 Å². The highest BCUT2D eigenvalue weighted by molar-refractivity contribution is 7.15. The quantitative estimate of drug-likeness (QED) is 0.909. The number of aliphatic hydroxyl groups is 1. The lowest BCUT2D eigenvalue weighted by Crippen LogP contribution is -2.15. The van der Waals surface area contributed by atoms with Gasteiger partial charge in [0, 0.05) is 7.05 Å². The van der Waals surface area contributed by atoms with Gasteiger partial charge in [-0.1, -0.05) is 11.3 Å². The number of aliphatic hydroxyl groups excluding tert-OH is 1.